The summed E-state index contributed by atoms with van der Waals surface area (Å²) < 4.78 is 0. The molecule has 0 radical (unpaired) electrons. The van der Waals surface area contributed by atoms with Crippen LogP contribution in [0.2, 0.25) is 0 Å². The number of likely N-dealkylation sites (tertiary alicyclic amines) is 1. The van der Waals surface area contributed by atoms with Gasteiger partial charge in [-0.05, 0) is 56.8 Å². The maximum atomic E-state index is 4.77. The van der Waals surface area contributed by atoms with Crippen LogP contribution in [0.5, 0.6) is 0 Å². The highest BCUT2D eigenvalue weighted by Gasteiger charge is 2.19. The second-order valence-electron chi connectivity index (χ2n) is 5.53. The van der Waals surface area contributed by atoms with Gasteiger partial charge in [-0.15, -0.1) is 0 Å². The van der Waals surface area contributed by atoms with Crippen LogP contribution in [0, 0.1) is 0 Å². The molecule has 1 unspecified atom stereocenters. The summed E-state index contributed by atoms with van der Waals surface area (Å²) in [5.41, 5.74) is 2.78. The predicted octanol–water partition coefficient (Wildman–Crippen LogP) is 2.47. The highest BCUT2D eigenvalue weighted by Crippen LogP contribution is 2.22. The van der Waals surface area contributed by atoms with Gasteiger partial charge in [0.25, 0.3) is 0 Å². The second kappa shape index (κ2) is 5.27. The summed E-state index contributed by atoms with van der Waals surface area (Å²) >= 11 is 0. The third kappa shape index (κ3) is 2.51. The van der Waals surface area contributed by atoms with Crippen molar-refractivity contribution in [1.29, 1.82) is 0 Å². The molecule has 1 fully saturated rings. The monoisotopic (exact) mass is 245 g/mol. The highest BCUT2D eigenvalue weighted by molar-refractivity contribution is 5.41. The van der Waals surface area contributed by atoms with Crippen LogP contribution < -0.4 is 5.32 Å². The smallest absolute Gasteiger partial charge is 0.126 e. The van der Waals surface area contributed by atoms with Gasteiger partial charge in [0.15, 0.2) is 0 Å². The standard InChI is InChI=1S/C15H23N3/c1-2-18-10-4-6-13(11-18)16-15-9-8-12-5-3-7-14(12)17-15/h8-9,13H,2-7,10-11H2,1H3,(H,16,17). The Morgan fingerprint density at radius 3 is 3.17 bits per heavy atom. The van der Waals surface area contributed by atoms with Crippen molar-refractivity contribution in [3.8, 4) is 0 Å². The minimum Gasteiger partial charge on any atom is -0.366 e. The summed E-state index contributed by atoms with van der Waals surface area (Å²) in [6, 6.07) is 5.00. The van der Waals surface area contributed by atoms with E-state index in [2.05, 4.69) is 29.3 Å². The number of piperidine rings is 1. The maximum Gasteiger partial charge on any atom is 0.126 e. The minimum absolute atomic E-state index is 0.575. The fraction of sp³-hybridized carbons (Fsp3) is 0.667. The van der Waals surface area contributed by atoms with E-state index in [9.17, 15) is 0 Å². The van der Waals surface area contributed by atoms with Crippen molar-refractivity contribution in [3.63, 3.8) is 0 Å². The van der Waals surface area contributed by atoms with Crippen molar-refractivity contribution in [2.75, 3.05) is 25.0 Å². The SMILES string of the molecule is CCN1CCCC(Nc2ccc3c(n2)CCC3)C1. The Morgan fingerprint density at radius 1 is 1.33 bits per heavy atom. The normalized spacial score (nSPS) is 23.9. The van der Waals surface area contributed by atoms with E-state index in [0.717, 1.165) is 25.3 Å². The van der Waals surface area contributed by atoms with E-state index >= 15 is 0 Å². The second-order valence-corrected chi connectivity index (χ2v) is 5.53. The molecule has 1 atom stereocenters. The zero-order valence-corrected chi connectivity index (χ0v) is 11.3. The third-order valence-electron chi connectivity index (χ3n) is 4.23. The van der Waals surface area contributed by atoms with Crippen molar-refractivity contribution < 1.29 is 0 Å². The van der Waals surface area contributed by atoms with E-state index in [1.165, 1.54) is 43.5 Å². The molecule has 3 rings (SSSR count). The Morgan fingerprint density at radius 2 is 2.28 bits per heavy atom. The molecular formula is C15H23N3. The van der Waals surface area contributed by atoms with Crippen molar-refractivity contribution in [1.82, 2.24) is 9.88 Å². The lowest BCUT2D eigenvalue weighted by molar-refractivity contribution is 0.226. The number of rotatable bonds is 3. The zero-order valence-electron chi connectivity index (χ0n) is 11.3. The van der Waals surface area contributed by atoms with Gasteiger partial charge in [0.1, 0.15) is 5.82 Å². The molecule has 3 nitrogen and oxygen atoms in total. The molecular weight excluding hydrogens is 222 g/mol. The van der Waals surface area contributed by atoms with Crippen molar-refractivity contribution in [2.24, 2.45) is 0 Å². The predicted molar refractivity (Wildman–Crippen MR) is 75.0 cm³/mol. The lowest BCUT2D eigenvalue weighted by Gasteiger charge is -2.32. The molecule has 0 spiro atoms. The Hall–Kier alpha value is -1.09. The molecule has 2 heterocycles. The van der Waals surface area contributed by atoms with Crippen molar-refractivity contribution in [2.45, 2.75) is 45.1 Å². The van der Waals surface area contributed by atoms with Gasteiger partial charge in [-0.25, -0.2) is 4.98 Å². The van der Waals surface area contributed by atoms with E-state index in [0.29, 0.717) is 6.04 Å². The fourth-order valence-electron chi connectivity index (χ4n) is 3.17. The number of hydrogen-bond acceptors (Lipinski definition) is 3. The number of aromatic nitrogens is 1. The number of fused-ring (bicyclic) bond motifs is 1. The molecule has 1 saturated heterocycles. The van der Waals surface area contributed by atoms with Gasteiger partial charge in [-0.1, -0.05) is 13.0 Å². The van der Waals surface area contributed by atoms with E-state index in [4.69, 9.17) is 4.98 Å². The van der Waals surface area contributed by atoms with Crippen molar-refractivity contribution in [3.05, 3.63) is 23.4 Å². The van der Waals surface area contributed by atoms with Crippen molar-refractivity contribution >= 4 is 5.82 Å². The number of likely N-dealkylation sites (N-methyl/N-ethyl adjacent to an activating group) is 1. The molecule has 1 aromatic heterocycles. The molecule has 2 aliphatic rings. The fourth-order valence-corrected chi connectivity index (χ4v) is 3.17. The number of nitrogens with one attached hydrogen (secondary N) is 1. The van der Waals surface area contributed by atoms with Gasteiger partial charge in [-0.3, -0.25) is 0 Å². The Kier molecular flexibility index (Phi) is 3.50. The van der Waals surface area contributed by atoms with E-state index < -0.39 is 0 Å². The van der Waals surface area contributed by atoms with Crippen LogP contribution in [-0.2, 0) is 12.8 Å². The Bertz CT molecular complexity index is 416. The van der Waals surface area contributed by atoms with Gasteiger partial charge in [0, 0.05) is 18.3 Å². The highest BCUT2D eigenvalue weighted by atomic mass is 15.2. The van der Waals surface area contributed by atoms with Crippen LogP contribution >= 0.6 is 0 Å². The van der Waals surface area contributed by atoms with Crippen LogP contribution in [0.15, 0.2) is 12.1 Å². The Balaban J connectivity index is 1.65. The maximum absolute atomic E-state index is 4.77. The van der Waals surface area contributed by atoms with E-state index in [1.54, 1.807) is 0 Å². The first-order valence-electron chi connectivity index (χ1n) is 7.33. The molecule has 1 N–H and O–H groups in total. The molecule has 0 amide bonds. The molecule has 0 aromatic carbocycles. The van der Waals surface area contributed by atoms with Gasteiger partial charge in [0.05, 0.1) is 0 Å². The molecule has 18 heavy (non-hydrogen) atoms. The number of hydrogen-bond donors (Lipinski definition) is 1. The van der Waals surface area contributed by atoms with E-state index in [-0.39, 0.29) is 0 Å². The van der Waals surface area contributed by atoms with Gasteiger partial charge < -0.3 is 10.2 Å². The molecule has 1 aliphatic heterocycles. The summed E-state index contributed by atoms with van der Waals surface area (Å²) in [4.78, 5) is 7.29. The van der Waals surface area contributed by atoms with Crippen LogP contribution in [-0.4, -0.2) is 35.6 Å². The zero-order chi connectivity index (χ0) is 12.4. The first kappa shape index (κ1) is 12.0. The summed E-state index contributed by atoms with van der Waals surface area (Å²) in [7, 11) is 0. The van der Waals surface area contributed by atoms with Gasteiger partial charge >= 0.3 is 0 Å². The summed E-state index contributed by atoms with van der Waals surface area (Å²) in [5, 5.41) is 3.62. The van der Waals surface area contributed by atoms with Crippen LogP contribution in [0.25, 0.3) is 0 Å². The number of pyridine rings is 1. The van der Waals surface area contributed by atoms with Crippen LogP contribution in [0.4, 0.5) is 5.82 Å². The summed E-state index contributed by atoms with van der Waals surface area (Å²) in [5.74, 6) is 1.08. The van der Waals surface area contributed by atoms with Crippen LogP contribution in [0.1, 0.15) is 37.4 Å². The number of nitrogens with zero attached hydrogens (tertiary/aromatic N) is 2. The third-order valence-corrected chi connectivity index (χ3v) is 4.23. The average Bonchev–Trinajstić information content (AvgIpc) is 2.86. The van der Waals surface area contributed by atoms with Crippen LogP contribution in [0.3, 0.4) is 0 Å². The van der Waals surface area contributed by atoms with Gasteiger partial charge in [0.2, 0.25) is 0 Å². The average molecular weight is 245 g/mol. The first-order valence-corrected chi connectivity index (χ1v) is 7.33. The lowest BCUT2D eigenvalue weighted by Crippen LogP contribution is -2.42. The molecule has 1 aromatic rings. The summed E-state index contributed by atoms with van der Waals surface area (Å²) in [6.45, 7) is 5.83. The molecule has 1 aliphatic carbocycles. The summed E-state index contributed by atoms with van der Waals surface area (Å²) in [6.07, 6.45) is 6.23. The quantitative estimate of drug-likeness (QED) is 0.886. The molecule has 3 heteroatoms. The number of anilines is 1. The largest absolute Gasteiger partial charge is 0.366 e. The topological polar surface area (TPSA) is 28.2 Å². The minimum atomic E-state index is 0.575. The Labute approximate surface area is 110 Å². The molecule has 0 saturated carbocycles. The van der Waals surface area contributed by atoms with E-state index in [1.807, 2.05) is 0 Å². The number of aryl methyl sites for hydroxylation is 2. The van der Waals surface area contributed by atoms with Gasteiger partial charge in [-0.2, -0.15) is 0 Å². The lowest BCUT2D eigenvalue weighted by atomic mass is 10.1. The first-order chi connectivity index (χ1) is 8.85. The molecule has 0 bridgehead atoms. The molecule has 98 valence electrons.